The third-order valence-electron chi connectivity index (χ3n) is 4.35. The minimum absolute atomic E-state index is 0.414. The Labute approximate surface area is 104 Å². The summed E-state index contributed by atoms with van der Waals surface area (Å²) in [4.78, 5) is 5.33. The molecule has 3 aliphatic rings. The molecule has 1 N–H and O–H groups in total. The van der Waals surface area contributed by atoms with Gasteiger partial charge in [0.15, 0.2) is 0 Å². The zero-order valence-electron chi connectivity index (χ0n) is 10.7. The predicted octanol–water partition coefficient (Wildman–Crippen LogP) is 0.145. The van der Waals surface area contributed by atoms with Crippen LogP contribution < -0.4 is 5.32 Å². The van der Waals surface area contributed by atoms with Gasteiger partial charge < -0.3 is 10.1 Å². The van der Waals surface area contributed by atoms with E-state index in [1.165, 1.54) is 45.4 Å². The molecule has 0 spiro atoms. The minimum atomic E-state index is 0.414. The molecule has 0 aromatic rings. The molecule has 3 saturated heterocycles. The molecule has 98 valence electrons. The van der Waals surface area contributed by atoms with Gasteiger partial charge >= 0.3 is 0 Å². The van der Waals surface area contributed by atoms with Crippen molar-refractivity contribution in [3.05, 3.63) is 0 Å². The normalized spacial score (nSPS) is 36.7. The van der Waals surface area contributed by atoms with E-state index in [0.717, 1.165) is 32.3 Å². The fraction of sp³-hybridized carbons (Fsp3) is 1.00. The van der Waals surface area contributed by atoms with Gasteiger partial charge in [-0.3, -0.25) is 9.80 Å². The highest BCUT2D eigenvalue weighted by molar-refractivity contribution is 4.86. The Morgan fingerprint density at radius 3 is 3.00 bits per heavy atom. The lowest BCUT2D eigenvalue weighted by Crippen LogP contribution is -2.47. The Bertz CT molecular complexity index is 243. The summed E-state index contributed by atoms with van der Waals surface area (Å²) in [6.07, 6.45) is 4.55. The molecular formula is C13H25N3O. The molecule has 2 atom stereocenters. The van der Waals surface area contributed by atoms with E-state index in [4.69, 9.17) is 4.74 Å². The number of nitrogens with one attached hydrogen (secondary N) is 1. The van der Waals surface area contributed by atoms with Crippen LogP contribution in [-0.2, 0) is 4.74 Å². The molecule has 3 fully saturated rings. The molecule has 3 rings (SSSR count). The average Bonchev–Trinajstić information content (AvgIpc) is 2.70. The molecule has 17 heavy (non-hydrogen) atoms. The van der Waals surface area contributed by atoms with Gasteiger partial charge in [-0.2, -0.15) is 0 Å². The summed E-state index contributed by atoms with van der Waals surface area (Å²) in [6.45, 7) is 9.22. The average molecular weight is 239 g/mol. The fourth-order valence-electron chi connectivity index (χ4n) is 3.47. The lowest BCUT2D eigenvalue weighted by atomic mass is 10.2. The largest absolute Gasteiger partial charge is 0.374 e. The van der Waals surface area contributed by atoms with Gasteiger partial charge in [0.25, 0.3) is 0 Å². The van der Waals surface area contributed by atoms with Crippen LogP contribution in [0.5, 0.6) is 0 Å². The smallest absolute Gasteiger partial charge is 0.0826 e. The van der Waals surface area contributed by atoms with Crippen LogP contribution in [0.15, 0.2) is 0 Å². The quantitative estimate of drug-likeness (QED) is 0.742. The van der Waals surface area contributed by atoms with Crippen LogP contribution in [0.4, 0.5) is 0 Å². The maximum Gasteiger partial charge on any atom is 0.0826 e. The van der Waals surface area contributed by atoms with Crippen LogP contribution in [0.1, 0.15) is 19.3 Å². The second-order valence-corrected chi connectivity index (χ2v) is 5.64. The van der Waals surface area contributed by atoms with Crippen molar-refractivity contribution in [3.63, 3.8) is 0 Å². The third kappa shape index (κ3) is 2.99. The van der Waals surface area contributed by atoms with Gasteiger partial charge in [-0.1, -0.05) is 0 Å². The van der Waals surface area contributed by atoms with E-state index in [1.807, 2.05) is 0 Å². The fourth-order valence-corrected chi connectivity index (χ4v) is 3.47. The SMILES string of the molecule is C1CC2CN(CC3CNCCO3)CCCN2C1. The van der Waals surface area contributed by atoms with Crippen molar-refractivity contribution in [2.24, 2.45) is 0 Å². The zero-order valence-corrected chi connectivity index (χ0v) is 10.7. The maximum absolute atomic E-state index is 5.82. The lowest BCUT2D eigenvalue weighted by molar-refractivity contribution is 0.00461. The summed E-state index contributed by atoms with van der Waals surface area (Å²) >= 11 is 0. The Morgan fingerprint density at radius 1 is 1.18 bits per heavy atom. The molecule has 0 saturated carbocycles. The standard InChI is InChI=1S/C13H25N3O/c1-3-12-10-15(5-2-7-16(12)6-1)11-13-9-14-4-8-17-13/h12-14H,1-11H2. The third-order valence-corrected chi connectivity index (χ3v) is 4.35. The van der Waals surface area contributed by atoms with E-state index in [1.54, 1.807) is 0 Å². The number of fused-ring (bicyclic) bond motifs is 1. The van der Waals surface area contributed by atoms with E-state index in [0.29, 0.717) is 6.10 Å². The topological polar surface area (TPSA) is 27.7 Å². The summed E-state index contributed by atoms with van der Waals surface area (Å²) in [5, 5.41) is 3.42. The Kier molecular flexibility index (Phi) is 3.96. The Morgan fingerprint density at radius 2 is 2.12 bits per heavy atom. The summed E-state index contributed by atoms with van der Waals surface area (Å²) in [5.41, 5.74) is 0. The first-order chi connectivity index (χ1) is 8.42. The van der Waals surface area contributed by atoms with Crippen molar-refractivity contribution >= 4 is 0 Å². The zero-order chi connectivity index (χ0) is 11.5. The second kappa shape index (κ2) is 5.65. The van der Waals surface area contributed by atoms with E-state index in [-0.39, 0.29) is 0 Å². The first-order valence-electron chi connectivity index (χ1n) is 7.20. The molecule has 0 radical (unpaired) electrons. The van der Waals surface area contributed by atoms with Crippen molar-refractivity contribution in [2.75, 3.05) is 52.4 Å². The van der Waals surface area contributed by atoms with Gasteiger partial charge in [0.05, 0.1) is 12.7 Å². The molecule has 0 aromatic carbocycles. The number of ether oxygens (including phenoxy) is 1. The van der Waals surface area contributed by atoms with Crippen LogP contribution >= 0.6 is 0 Å². The molecular weight excluding hydrogens is 214 g/mol. The number of hydrogen-bond acceptors (Lipinski definition) is 4. The van der Waals surface area contributed by atoms with Crippen molar-refractivity contribution in [3.8, 4) is 0 Å². The van der Waals surface area contributed by atoms with Crippen molar-refractivity contribution in [1.29, 1.82) is 0 Å². The molecule has 0 aliphatic carbocycles. The van der Waals surface area contributed by atoms with Gasteiger partial charge in [0.2, 0.25) is 0 Å². The monoisotopic (exact) mass is 239 g/mol. The first-order valence-corrected chi connectivity index (χ1v) is 7.20. The van der Waals surface area contributed by atoms with Crippen molar-refractivity contribution in [2.45, 2.75) is 31.4 Å². The van der Waals surface area contributed by atoms with Crippen LogP contribution in [0.3, 0.4) is 0 Å². The van der Waals surface area contributed by atoms with E-state index in [9.17, 15) is 0 Å². The van der Waals surface area contributed by atoms with Crippen LogP contribution in [0, 0.1) is 0 Å². The molecule has 3 aliphatic heterocycles. The predicted molar refractivity (Wildman–Crippen MR) is 68.3 cm³/mol. The molecule has 3 heterocycles. The molecule has 2 unspecified atom stereocenters. The van der Waals surface area contributed by atoms with E-state index >= 15 is 0 Å². The molecule has 0 amide bonds. The van der Waals surface area contributed by atoms with Crippen LogP contribution in [0.2, 0.25) is 0 Å². The first kappa shape index (κ1) is 11.9. The number of nitrogens with zero attached hydrogens (tertiary/aromatic N) is 2. The van der Waals surface area contributed by atoms with Gasteiger partial charge in [-0.05, 0) is 38.9 Å². The highest BCUT2D eigenvalue weighted by Crippen LogP contribution is 2.21. The maximum atomic E-state index is 5.82. The van der Waals surface area contributed by atoms with Crippen LogP contribution in [-0.4, -0.2) is 74.4 Å². The molecule has 0 aromatic heterocycles. The molecule has 4 nitrogen and oxygen atoms in total. The summed E-state index contributed by atoms with van der Waals surface area (Å²) in [7, 11) is 0. The summed E-state index contributed by atoms with van der Waals surface area (Å²) in [5.74, 6) is 0. The highest BCUT2D eigenvalue weighted by Gasteiger charge is 2.29. The number of hydrogen-bond donors (Lipinski definition) is 1. The van der Waals surface area contributed by atoms with E-state index in [2.05, 4.69) is 15.1 Å². The Hall–Kier alpha value is -0.160. The van der Waals surface area contributed by atoms with Crippen molar-refractivity contribution in [1.82, 2.24) is 15.1 Å². The van der Waals surface area contributed by atoms with E-state index < -0.39 is 0 Å². The summed E-state index contributed by atoms with van der Waals surface area (Å²) in [6, 6.07) is 0.828. The Balaban J connectivity index is 1.52. The summed E-state index contributed by atoms with van der Waals surface area (Å²) < 4.78 is 5.82. The van der Waals surface area contributed by atoms with Gasteiger partial charge in [-0.25, -0.2) is 0 Å². The van der Waals surface area contributed by atoms with Gasteiger partial charge in [0, 0.05) is 32.2 Å². The van der Waals surface area contributed by atoms with Crippen LogP contribution in [0.25, 0.3) is 0 Å². The minimum Gasteiger partial charge on any atom is -0.374 e. The van der Waals surface area contributed by atoms with Crippen molar-refractivity contribution < 1.29 is 4.74 Å². The number of rotatable bonds is 2. The molecule has 4 heteroatoms. The van der Waals surface area contributed by atoms with Gasteiger partial charge in [-0.15, -0.1) is 0 Å². The lowest BCUT2D eigenvalue weighted by Gasteiger charge is -2.31. The van der Waals surface area contributed by atoms with Gasteiger partial charge in [0.1, 0.15) is 0 Å². The second-order valence-electron chi connectivity index (χ2n) is 5.64. The highest BCUT2D eigenvalue weighted by atomic mass is 16.5. The number of morpholine rings is 1. The molecule has 0 bridgehead atoms.